The van der Waals surface area contributed by atoms with Gasteiger partial charge in [-0.2, -0.15) is 4.57 Å². The monoisotopic (exact) mass is 347 g/mol. The average Bonchev–Trinajstić information content (AvgIpc) is 2.46. The Bertz CT molecular complexity index is 697. The maximum absolute atomic E-state index is 12.0. The van der Waals surface area contributed by atoms with Gasteiger partial charge in [0.15, 0.2) is 12.4 Å². The van der Waals surface area contributed by atoms with Gasteiger partial charge in [0.2, 0.25) is 6.54 Å². The number of hydrogen-bond acceptors (Lipinski definition) is 2. The van der Waals surface area contributed by atoms with E-state index in [9.17, 15) is 9.59 Å². The molecule has 3 amide bonds. The molecule has 0 unspecified atom stereocenters. The highest BCUT2D eigenvalue weighted by Crippen LogP contribution is 2.15. The Hall–Kier alpha value is -2.40. The van der Waals surface area contributed by atoms with Crippen molar-refractivity contribution in [1.29, 1.82) is 0 Å². The number of halogens is 1. The van der Waals surface area contributed by atoms with E-state index in [4.69, 9.17) is 0 Å². The molecule has 0 fully saturated rings. The normalized spacial score (nSPS) is 10.5. The predicted octanol–water partition coefficient (Wildman–Crippen LogP) is -0.731. The third kappa shape index (κ3) is 6.38. The van der Waals surface area contributed by atoms with Crippen molar-refractivity contribution in [1.82, 2.24) is 10.6 Å². The molecule has 0 saturated carbocycles. The number of aromatic nitrogens is 1. The molecule has 1 aromatic heterocycles. The molecule has 0 aliphatic carbocycles. The summed E-state index contributed by atoms with van der Waals surface area (Å²) in [6.07, 6.45) is 3.68. The Morgan fingerprint density at radius 2 is 1.62 bits per heavy atom. The van der Waals surface area contributed by atoms with Gasteiger partial charge in [-0.25, -0.2) is 4.79 Å². The van der Waals surface area contributed by atoms with Gasteiger partial charge in [0, 0.05) is 17.2 Å². The minimum atomic E-state index is -0.484. The van der Waals surface area contributed by atoms with Gasteiger partial charge in [0.1, 0.15) is 0 Å². The molecule has 6 heteroatoms. The van der Waals surface area contributed by atoms with Crippen molar-refractivity contribution in [3.63, 3.8) is 0 Å². The van der Waals surface area contributed by atoms with Crippen LogP contribution in [0.2, 0.25) is 0 Å². The van der Waals surface area contributed by atoms with Crippen molar-refractivity contribution in [2.45, 2.75) is 32.9 Å². The molecule has 2 rings (SSSR count). The fourth-order valence-corrected chi connectivity index (χ4v) is 2.13. The molecule has 0 spiro atoms. The lowest BCUT2D eigenvalue weighted by atomic mass is 10.1. The maximum atomic E-state index is 12.0. The number of nitrogens with one attached hydrogen (secondary N) is 2. The number of rotatable bonds is 3. The minimum Gasteiger partial charge on any atom is -1.00 e. The number of amides is 3. The summed E-state index contributed by atoms with van der Waals surface area (Å²) in [6, 6.07) is 13.3. The quantitative estimate of drug-likeness (QED) is 0.719. The number of benzene rings is 1. The lowest BCUT2D eigenvalue weighted by Crippen LogP contribution is -3.00. The van der Waals surface area contributed by atoms with Crippen LogP contribution < -0.4 is 27.6 Å². The Labute approximate surface area is 148 Å². The van der Waals surface area contributed by atoms with Gasteiger partial charge in [0.05, 0.1) is 0 Å². The first-order valence-corrected chi connectivity index (χ1v) is 7.50. The van der Waals surface area contributed by atoms with Crippen LogP contribution in [0.4, 0.5) is 4.79 Å². The van der Waals surface area contributed by atoms with Gasteiger partial charge >= 0.3 is 6.03 Å². The second-order valence-electron chi connectivity index (χ2n) is 6.38. The van der Waals surface area contributed by atoms with E-state index in [1.165, 1.54) is 0 Å². The molecule has 0 aliphatic rings. The molecular formula is C18H22ClN3O2. The zero-order valence-electron chi connectivity index (χ0n) is 14.0. The molecule has 0 atom stereocenters. The molecule has 0 bridgehead atoms. The van der Waals surface area contributed by atoms with Gasteiger partial charge < -0.3 is 17.7 Å². The average molecular weight is 348 g/mol. The SMILES string of the molecule is CC(C)(C)NC(=O)NC(=O)C[n+]1cccc(-c2ccccc2)c1.[Cl-]. The van der Waals surface area contributed by atoms with Crippen LogP contribution in [0.25, 0.3) is 11.1 Å². The number of urea groups is 1. The van der Waals surface area contributed by atoms with Crippen LogP contribution in [0, 0.1) is 0 Å². The molecule has 2 aromatic rings. The highest BCUT2D eigenvalue weighted by atomic mass is 35.5. The van der Waals surface area contributed by atoms with Gasteiger partial charge in [0.25, 0.3) is 5.91 Å². The highest BCUT2D eigenvalue weighted by Gasteiger charge is 2.18. The van der Waals surface area contributed by atoms with Crippen LogP contribution in [0.5, 0.6) is 0 Å². The summed E-state index contributed by atoms with van der Waals surface area (Å²) in [7, 11) is 0. The van der Waals surface area contributed by atoms with Crippen LogP contribution in [-0.4, -0.2) is 17.5 Å². The van der Waals surface area contributed by atoms with Crippen LogP contribution in [-0.2, 0) is 11.3 Å². The third-order valence-corrected chi connectivity index (χ3v) is 3.03. The molecule has 1 aromatic carbocycles. The largest absolute Gasteiger partial charge is 1.00 e. The number of imide groups is 1. The second-order valence-corrected chi connectivity index (χ2v) is 6.38. The first kappa shape index (κ1) is 19.6. The Morgan fingerprint density at radius 3 is 2.25 bits per heavy atom. The first-order chi connectivity index (χ1) is 10.8. The van der Waals surface area contributed by atoms with E-state index in [1.807, 2.05) is 69.4 Å². The fourth-order valence-electron chi connectivity index (χ4n) is 2.13. The van der Waals surface area contributed by atoms with E-state index in [0.717, 1.165) is 11.1 Å². The summed E-state index contributed by atoms with van der Waals surface area (Å²) in [5.41, 5.74) is 1.71. The van der Waals surface area contributed by atoms with Crippen molar-refractivity contribution in [2.75, 3.05) is 0 Å². The van der Waals surface area contributed by atoms with E-state index in [-0.39, 0.29) is 30.4 Å². The summed E-state index contributed by atoms with van der Waals surface area (Å²) in [5.74, 6) is -0.359. The number of hydrogen-bond donors (Lipinski definition) is 2. The molecule has 0 saturated heterocycles. The van der Waals surface area contributed by atoms with Crippen molar-refractivity contribution in [3.8, 4) is 11.1 Å². The fraction of sp³-hybridized carbons (Fsp3) is 0.278. The molecule has 2 N–H and O–H groups in total. The molecule has 128 valence electrons. The topological polar surface area (TPSA) is 62.1 Å². The Morgan fingerprint density at radius 1 is 1.00 bits per heavy atom. The standard InChI is InChI=1S/C18H21N3O2.ClH/c1-18(2,3)20-17(23)19-16(22)13-21-11-7-10-15(12-21)14-8-5-4-6-9-14;/h4-12H,13H2,1-3H3,(H-,19,20,22,23);1H. The Balaban J connectivity index is 0.00000288. The van der Waals surface area contributed by atoms with Crippen LogP contribution in [0.15, 0.2) is 54.9 Å². The van der Waals surface area contributed by atoms with Crippen molar-refractivity contribution in [3.05, 3.63) is 54.9 Å². The minimum absolute atomic E-state index is 0. The van der Waals surface area contributed by atoms with E-state index in [1.54, 1.807) is 10.8 Å². The van der Waals surface area contributed by atoms with Crippen LogP contribution in [0.1, 0.15) is 20.8 Å². The molecule has 1 heterocycles. The highest BCUT2D eigenvalue weighted by molar-refractivity contribution is 5.93. The molecule has 24 heavy (non-hydrogen) atoms. The zero-order chi connectivity index (χ0) is 16.9. The molecular weight excluding hydrogens is 326 g/mol. The molecule has 0 radical (unpaired) electrons. The van der Waals surface area contributed by atoms with E-state index in [2.05, 4.69) is 10.6 Å². The summed E-state index contributed by atoms with van der Waals surface area (Å²) >= 11 is 0. The summed E-state index contributed by atoms with van der Waals surface area (Å²) in [4.78, 5) is 23.7. The second kappa shape index (κ2) is 8.45. The predicted molar refractivity (Wildman–Crippen MR) is 88.5 cm³/mol. The molecule has 5 nitrogen and oxygen atoms in total. The van der Waals surface area contributed by atoms with E-state index in [0.29, 0.717) is 0 Å². The smallest absolute Gasteiger partial charge is 0.322 e. The van der Waals surface area contributed by atoms with Crippen molar-refractivity contribution in [2.24, 2.45) is 0 Å². The Kier molecular flexibility index (Phi) is 6.92. The summed E-state index contributed by atoms with van der Waals surface area (Å²) in [6.45, 7) is 5.65. The van der Waals surface area contributed by atoms with E-state index >= 15 is 0 Å². The third-order valence-electron chi connectivity index (χ3n) is 3.03. The first-order valence-electron chi connectivity index (χ1n) is 7.50. The van der Waals surface area contributed by atoms with Gasteiger partial charge in [-0.15, -0.1) is 0 Å². The van der Waals surface area contributed by atoms with Crippen molar-refractivity contribution < 1.29 is 26.6 Å². The summed E-state index contributed by atoms with van der Waals surface area (Å²) in [5, 5.41) is 5.03. The van der Waals surface area contributed by atoms with Crippen LogP contribution >= 0.6 is 0 Å². The number of carbonyl (C=O) groups excluding carboxylic acids is 2. The van der Waals surface area contributed by atoms with Gasteiger partial charge in [-0.3, -0.25) is 10.1 Å². The lowest BCUT2D eigenvalue weighted by Gasteiger charge is -2.19. The zero-order valence-corrected chi connectivity index (χ0v) is 14.8. The van der Waals surface area contributed by atoms with E-state index < -0.39 is 6.03 Å². The van der Waals surface area contributed by atoms with Crippen LogP contribution in [0.3, 0.4) is 0 Å². The lowest BCUT2D eigenvalue weighted by molar-refractivity contribution is -0.683. The molecule has 0 aliphatic heterocycles. The maximum Gasteiger partial charge on any atom is 0.322 e. The summed E-state index contributed by atoms with van der Waals surface area (Å²) < 4.78 is 1.75. The number of nitrogens with zero attached hydrogens (tertiary/aromatic N) is 1. The number of pyridine rings is 1. The van der Waals surface area contributed by atoms with Crippen molar-refractivity contribution >= 4 is 11.9 Å². The number of carbonyl (C=O) groups is 2. The van der Waals surface area contributed by atoms with Gasteiger partial charge in [-0.05, 0) is 32.4 Å². The van der Waals surface area contributed by atoms with Gasteiger partial charge in [-0.1, -0.05) is 30.3 Å².